The molecule has 1 aromatic heterocycles. The van der Waals surface area contributed by atoms with Gasteiger partial charge in [-0.2, -0.15) is 0 Å². The van der Waals surface area contributed by atoms with Gasteiger partial charge < -0.3 is 14.1 Å². The Morgan fingerprint density at radius 2 is 1.31 bits per heavy atom. The van der Waals surface area contributed by atoms with Crippen molar-refractivity contribution in [1.82, 2.24) is 4.98 Å². The second-order valence-electron chi connectivity index (χ2n) is 15.9. The predicted molar refractivity (Wildman–Crippen MR) is 239 cm³/mol. The number of halogens is 1. The van der Waals surface area contributed by atoms with Crippen LogP contribution in [-0.2, 0) is 18.3 Å². The normalized spacial score (nSPS) is 12.8. The Labute approximate surface area is 349 Å². The van der Waals surface area contributed by atoms with Crippen LogP contribution in [0, 0.1) is 17.7 Å². The van der Waals surface area contributed by atoms with Gasteiger partial charge in [0.15, 0.2) is 8.03 Å². The van der Waals surface area contributed by atoms with E-state index < -0.39 is 33.5 Å². The first-order chi connectivity index (χ1) is 28.4. The lowest BCUT2D eigenvalue weighted by atomic mass is 9.85. The molecule has 1 N–H and O–H groups in total. The van der Waals surface area contributed by atoms with Gasteiger partial charge in [-0.05, 0) is 56.2 Å². The number of hydrogen-bond donors (Lipinski definition) is 1. The largest absolute Gasteiger partial charge is 0.481 e. The van der Waals surface area contributed by atoms with E-state index in [9.17, 15) is 18.9 Å². The molecule has 0 radical (unpaired) electrons. The van der Waals surface area contributed by atoms with Gasteiger partial charge in [0.05, 0.1) is 35.4 Å². The van der Waals surface area contributed by atoms with Crippen LogP contribution < -0.4 is 10.4 Å². The van der Waals surface area contributed by atoms with Gasteiger partial charge in [0.2, 0.25) is 0 Å². The van der Waals surface area contributed by atoms with Crippen molar-refractivity contribution in [1.29, 1.82) is 0 Å². The molecule has 302 valence electrons. The van der Waals surface area contributed by atoms with Crippen molar-refractivity contribution < 1.29 is 27.8 Å². The molecule has 0 amide bonds. The highest BCUT2D eigenvalue weighted by Gasteiger charge is 2.51. The Balaban J connectivity index is 1.32. The predicted octanol–water partition coefficient (Wildman–Crippen LogP) is 10.5. The third-order valence-electron chi connectivity index (χ3n) is 10.4. The minimum absolute atomic E-state index is 0.0268. The molecular weight excluding hydrogens is 773 g/mol. The smallest absolute Gasteiger partial charge is 0.305 e. The summed E-state index contributed by atoms with van der Waals surface area (Å²) in [7, 11) is -5.96. The van der Waals surface area contributed by atoms with E-state index >= 15 is 0 Å². The Kier molecular flexibility index (Phi) is 14.3. The van der Waals surface area contributed by atoms with Crippen LogP contribution in [0.15, 0.2) is 152 Å². The second kappa shape index (κ2) is 19.6. The van der Waals surface area contributed by atoms with E-state index in [0.29, 0.717) is 5.56 Å². The molecule has 0 aliphatic heterocycles. The fourth-order valence-corrected chi connectivity index (χ4v) is 13.5. The third-order valence-corrected chi connectivity index (χ3v) is 16.8. The van der Waals surface area contributed by atoms with Crippen molar-refractivity contribution >= 4 is 32.7 Å². The number of rotatable bonds is 15. The first-order valence-electron chi connectivity index (χ1n) is 19.9. The van der Waals surface area contributed by atoms with Crippen LogP contribution in [0.25, 0.3) is 11.1 Å². The van der Waals surface area contributed by atoms with E-state index in [1.807, 2.05) is 103 Å². The molecule has 0 aliphatic carbocycles. The first kappa shape index (κ1) is 43.2. The summed E-state index contributed by atoms with van der Waals surface area (Å²) in [6.45, 7) is 10.3. The fourth-order valence-electron chi connectivity index (χ4n) is 7.74. The molecule has 0 saturated carbocycles. The molecule has 9 heteroatoms. The fraction of sp³-hybridized carbons (Fsp3) is 0.240. The molecule has 6 aromatic rings. The molecule has 0 bridgehead atoms. The summed E-state index contributed by atoms with van der Waals surface area (Å²) in [6, 6.07) is 48.7. The van der Waals surface area contributed by atoms with Crippen molar-refractivity contribution in [3.63, 3.8) is 0 Å². The third kappa shape index (κ3) is 10.4. The maximum Gasteiger partial charge on any atom is 0.305 e. The van der Waals surface area contributed by atoms with E-state index in [1.165, 1.54) is 12.1 Å². The number of pyridine rings is 1. The highest BCUT2D eigenvalue weighted by atomic mass is 31.1. The molecule has 1 heterocycles. The average molecular weight is 824 g/mol. The Bertz CT molecular complexity index is 2320. The number of aliphatic carboxylic acids is 1. The van der Waals surface area contributed by atoms with E-state index in [4.69, 9.17) is 13.9 Å². The van der Waals surface area contributed by atoms with E-state index in [-0.39, 0.29) is 36.8 Å². The van der Waals surface area contributed by atoms with Crippen LogP contribution in [0.1, 0.15) is 81.0 Å². The maximum absolute atomic E-state index is 14.2. The molecule has 0 fully saturated rings. The molecule has 0 saturated heterocycles. The highest BCUT2D eigenvalue weighted by molar-refractivity contribution is 7.39. The van der Waals surface area contributed by atoms with Gasteiger partial charge in [0.25, 0.3) is 8.32 Å². The van der Waals surface area contributed by atoms with Gasteiger partial charge in [0.1, 0.15) is 12.4 Å². The molecule has 6 nitrogen and oxygen atoms in total. The summed E-state index contributed by atoms with van der Waals surface area (Å²) in [4.78, 5) is 17.5. The van der Waals surface area contributed by atoms with Gasteiger partial charge in [-0.1, -0.05) is 180 Å². The summed E-state index contributed by atoms with van der Waals surface area (Å²) < 4.78 is 40.9. The molecule has 0 spiro atoms. The zero-order valence-electron chi connectivity index (χ0n) is 34.2. The zero-order valence-corrected chi connectivity index (χ0v) is 36.2. The molecule has 2 unspecified atom stereocenters. The monoisotopic (exact) mass is 823 g/mol. The Hall–Kier alpha value is -5.42. The van der Waals surface area contributed by atoms with Crippen molar-refractivity contribution in [2.75, 3.05) is 12.8 Å². The maximum atomic E-state index is 14.2. The van der Waals surface area contributed by atoms with Crippen LogP contribution in [0.3, 0.4) is 0 Å². The van der Waals surface area contributed by atoms with Gasteiger partial charge >= 0.3 is 5.97 Å². The van der Waals surface area contributed by atoms with Crippen LogP contribution in [0.2, 0.25) is 5.04 Å². The second-order valence-corrected chi connectivity index (χ2v) is 21.6. The quantitative estimate of drug-likeness (QED) is 0.0631. The van der Waals surface area contributed by atoms with Crippen LogP contribution >= 0.6 is 8.03 Å². The number of carbonyl (C=O) groups is 1. The van der Waals surface area contributed by atoms with E-state index in [2.05, 4.69) is 70.7 Å². The summed E-state index contributed by atoms with van der Waals surface area (Å²) in [5, 5.41) is 11.6. The summed E-state index contributed by atoms with van der Waals surface area (Å²) in [5.74, 6) is 4.79. The number of carboxylic acid groups (broad SMARTS) is 1. The molecule has 6 rings (SSSR count). The molecule has 5 aromatic carbocycles. The average Bonchev–Trinajstić information content (AvgIpc) is 3.22. The van der Waals surface area contributed by atoms with Crippen LogP contribution in [-0.4, -0.2) is 43.2 Å². The standard InChI is InChI=1S/C50H51FNO5PSi/c1-36(2)49-44(45(37-28-30-40(51)31-29-37)34-46(52-49)48(38-19-10-6-11-20-38)39-21-12-7-13-22-39)27-18-32-56-58(55)35-41(33-47(53)54)57-59(50(3,4)5,42-23-14-8-15-24-42)43-25-16-9-17-26-43/h6-17,19-26,28-31,34,36,41,48,58H,32-33,35H2,1-5H3,(H,53,54). The minimum atomic E-state index is -3.14. The number of aromatic nitrogens is 1. The summed E-state index contributed by atoms with van der Waals surface area (Å²) >= 11 is 0. The Morgan fingerprint density at radius 3 is 1.78 bits per heavy atom. The van der Waals surface area contributed by atoms with Crippen molar-refractivity contribution in [3.05, 3.63) is 186 Å². The first-order valence-corrected chi connectivity index (χ1v) is 23.4. The lowest BCUT2D eigenvalue weighted by Crippen LogP contribution is -2.68. The number of benzene rings is 5. The SMILES string of the molecule is CC(C)c1nc(C(c2ccccc2)c2ccccc2)cc(-c2ccc(F)cc2)c1C#CCO[PH](=O)CC(CC(=O)O)O[Si](c1ccccc1)(c1ccccc1)C(C)(C)C. The molecule has 0 aliphatic rings. The van der Waals surface area contributed by atoms with Crippen molar-refractivity contribution in [2.24, 2.45) is 0 Å². The minimum Gasteiger partial charge on any atom is -0.481 e. The van der Waals surface area contributed by atoms with Crippen molar-refractivity contribution in [2.45, 2.75) is 64.0 Å². The molecule has 59 heavy (non-hydrogen) atoms. The van der Waals surface area contributed by atoms with E-state index in [1.54, 1.807) is 12.1 Å². The lowest BCUT2D eigenvalue weighted by Gasteiger charge is -2.45. The molecular formula is C50H51FNO5PSi. The zero-order chi connectivity index (χ0) is 42.0. The van der Waals surface area contributed by atoms with Gasteiger partial charge in [-0.3, -0.25) is 14.3 Å². The van der Waals surface area contributed by atoms with Gasteiger partial charge in [-0.15, -0.1) is 0 Å². The van der Waals surface area contributed by atoms with E-state index in [0.717, 1.165) is 44.0 Å². The number of nitrogens with zero attached hydrogens (tertiary/aromatic N) is 1. The topological polar surface area (TPSA) is 85.7 Å². The van der Waals surface area contributed by atoms with Crippen molar-refractivity contribution in [3.8, 4) is 23.0 Å². The molecule has 2 atom stereocenters. The highest BCUT2D eigenvalue weighted by Crippen LogP contribution is 2.40. The van der Waals surface area contributed by atoms with Gasteiger partial charge in [0, 0.05) is 11.7 Å². The van der Waals surface area contributed by atoms with Crippen LogP contribution in [0.4, 0.5) is 4.39 Å². The summed E-state index contributed by atoms with van der Waals surface area (Å²) in [5.41, 5.74) is 6.05. The Morgan fingerprint density at radius 1 is 0.797 bits per heavy atom. The summed E-state index contributed by atoms with van der Waals surface area (Å²) in [6.07, 6.45) is -1.30. The number of hydrogen-bond acceptors (Lipinski definition) is 5. The number of carboxylic acids is 1. The van der Waals surface area contributed by atoms with Crippen LogP contribution in [0.5, 0.6) is 0 Å². The lowest BCUT2D eigenvalue weighted by molar-refractivity contribution is -0.138. The van der Waals surface area contributed by atoms with Gasteiger partial charge in [-0.25, -0.2) is 4.39 Å².